The van der Waals surface area contributed by atoms with Crippen molar-refractivity contribution in [1.82, 2.24) is 9.97 Å². The van der Waals surface area contributed by atoms with Crippen LogP contribution < -0.4 is 0 Å². The summed E-state index contributed by atoms with van der Waals surface area (Å²) < 4.78 is 0. The minimum Gasteiger partial charge on any atom is -0.265 e. The fraction of sp³-hybridized carbons (Fsp3) is 0.0667. The topological polar surface area (TPSA) is 25.8 Å². The van der Waals surface area contributed by atoms with Crippen molar-refractivity contribution >= 4 is 11.3 Å². The van der Waals surface area contributed by atoms with Crippen molar-refractivity contribution in [2.75, 3.05) is 0 Å². The number of thiazole rings is 1. The van der Waals surface area contributed by atoms with E-state index >= 15 is 0 Å². The maximum Gasteiger partial charge on any atom is 0.123 e. The number of aryl methyl sites for hydroxylation is 1. The predicted octanol–water partition coefficient (Wildman–Crippen LogP) is 4.18. The van der Waals surface area contributed by atoms with Crippen molar-refractivity contribution < 1.29 is 0 Å². The van der Waals surface area contributed by atoms with Crippen molar-refractivity contribution in [3.63, 3.8) is 0 Å². The van der Waals surface area contributed by atoms with Crippen LogP contribution in [0, 0.1) is 6.92 Å². The SMILES string of the molecule is Cc1cnc(-c2ccc(-c3ccncc3)cc2)s1. The largest absolute Gasteiger partial charge is 0.265 e. The highest BCUT2D eigenvalue weighted by atomic mass is 32.1. The average molecular weight is 252 g/mol. The summed E-state index contributed by atoms with van der Waals surface area (Å²) in [6.45, 7) is 2.08. The van der Waals surface area contributed by atoms with Gasteiger partial charge in [0.15, 0.2) is 0 Å². The molecule has 18 heavy (non-hydrogen) atoms. The first-order valence-corrected chi connectivity index (χ1v) is 6.58. The highest BCUT2D eigenvalue weighted by Crippen LogP contribution is 2.27. The Bertz CT molecular complexity index is 642. The van der Waals surface area contributed by atoms with Gasteiger partial charge in [0.25, 0.3) is 0 Å². The number of hydrogen-bond acceptors (Lipinski definition) is 3. The van der Waals surface area contributed by atoms with Gasteiger partial charge in [0, 0.05) is 29.0 Å². The molecule has 0 aliphatic heterocycles. The van der Waals surface area contributed by atoms with Gasteiger partial charge in [-0.05, 0) is 30.2 Å². The predicted molar refractivity (Wildman–Crippen MR) is 75.5 cm³/mol. The van der Waals surface area contributed by atoms with E-state index in [0.717, 1.165) is 5.01 Å². The lowest BCUT2D eigenvalue weighted by molar-refractivity contribution is 1.33. The molecule has 0 spiro atoms. The summed E-state index contributed by atoms with van der Waals surface area (Å²) in [6.07, 6.45) is 5.54. The quantitative estimate of drug-likeness (QED) is 0.683. The summed E-state index contributed by atoms with van der Waals surface area (Å²) in [5, 5.41) is 1.08. The molecule has 0 radical (unpaired) electrons. The number of nitrogens with zero attached hydrogens (tertiary/aromatic N) is 2. The van der Waals surface area contributed by atoms with Crippen molar-refractivity contribution in [3.05, 3.63) is 59.9 Å². The second-order valence-corrected chi connectivity index (χ2v) is 5.32. The molecule has 2 heterocycles. The third-order valence-electron chi connectivity index (χ3n) is 2.77. The van der Waals surface area contributed by atoms with Gasteiger partial charge in [-0.25, -0.2) is 4.98 Å². The second kappa shape index (κ2) is 4.70. The lowest BCUT2D eigenvalue weighted by Crippen LogP contribution is -1.79. The Morgan fingerprint density at radius 1 is 0.833 bits per heavy atom. The van der Waals surface area contributed by atoms with Crippen LogP contribution in [0.15, 0.2) is 55.0 Å². The van der Waals surface area contributed by atoms with Gasteiger partial charge in [-0.1, -0.05) is 24.3 Å². The lowest BCUT2D eigenvalue weighted by atomic mass is 10.1. The molecule has 0 aliphatic carbocycles. The molecular formula is C15H12N2S. The van der Waals surface area contributed by atoms with E-state index in [1.165, 1.54) is 21.6 Å². The van der Waals surface area contributed by atoms with Crippen LogP contribution in [0.5, 0.6) is 0 Å². The molecule has 88 valence electrons. The zero-order chi connectivity index (χ0) is 12.4. The molecule has 0 N–H and O–H groups in total. The van der Waals surface area contributed by atoms with Crippen LogP contribution in [0.25, 0.3) is 21.7 Å². The van der Waals surface area contributed by atoms with E-state index < -0.39 is 0 Å². The van der Waals surface area contributed by atoms with Gasteiger partial charge in [0.2, 0.25) is 0 Å². The highest BCUT2D eigenvalue weighted by molar-refractivity contribution is 7.14. The van der Waals surface area contributed by atoms with Crippen LogP contribution in [0.3, 0.4) is 0 Å². The van der Waals surface area contributed by atoms with E-state index in [2.05, 4.69) is 41.2 Å². The zero-order valence-electron chi connectivity index (χ0n) is 10.00. The molecule has 0 saturated heterocycles. The molecule has 3 rings (SSSR count). The molecule has 2 nitrogen and oxygen atoms in total. The van der Waals surface area contributed by atoms with Gasteiger partial charge in [-0.3, -0.25) is 4.98 Å². The smallest absolute Gasteiger partial charge is 0.123 e. The molecule has 0 fully saturated rings. The Morgan fingerprint density at radius 2 is 1.44 bits per heavy atom. The minimum absolute atomic E-state index is 1.08. The fourth-order valence-electron chi connectivity index (χ4n) is 1.84. The Balaban J connectivity index is 1.94. The molecular weight excluding hydrogens is 240 g/mol. The summed E-state index contributed by atoms with van der Waals surface area (Å²) in [4.78, 5) is 9.67. The standard InChI is InChI=1S/C15H12N2S/c1-11-10-17-15(18-11)14-4-2-12(3-5-14)13-6-8-16-9-7-13/h2-10H,1H3. The first-order valence-electron chi connectivity index (χ1n) is 5.76. The molecule has 0 bridgehead atoms. The average Bonchev–Trinajstić information content (AvgIpc) is 2.87. The summed E-state index contributed by atoms with van der Waals surface area (Å²) in [5.41, 5.74) is 3.56. The first-order chi connectivity index (χ1) is 8.83. The molecule has 2 aromatic heterocycles. The van der Waals surface area contributed by atoms with Crippen LogP contribution >= 0.6 is 11.3 Å². The maximum atomic E-state index is 4.40. The molecule has 1 aromatic carbocycles. The van der Waals surface area contributed by atoms with Gasteiger partial charge < -0.3 is 0 Å². The van der Waals surface area contributed by atoms with E-state index in [9.17, 15) is 0 Å². The van der Waals surface area contributed by atoms with E-state index in [4.69, 9.17) is 0 Å². The second-order valence-electron chi connectivity index (χ2n) is 4.09. The van der Waals surface area contributed by atoms with Gasteiger partial charge in [-0.2, -0.15) is 0 Å². The molecule has 0 amide bonds. The number of pyridine rings is 1. The van der Waals surface area contributed by atoms with Crippen LogP contribution in [0.4, 0.5) is 0 Å². The molecule has 3 heteroatoms. The minimum atomic E-state index is 1.08. The van der Waals surface area contributed by atoms with Crippen LogP contribution in [-0.2, 0) is 0 Å². The zero-order valence-corrected chi connectivity index (χ0v) is 10.8. The molecule has 0 saturated carbocycles. The summed E-state index contributed by atoms with van der Waals surface area (Å²) in [7, 11) is 0. The molecule has 0 unspecified atom stereocenters. The fourth-order valence-corrected chi connectivity index (χ4v) is 2.61. The van der Waals surface area contributed by atoms with E-state index in [1.807, 2.05) is 30.7 Å². The number of aromatic nitrogens is 2. The first kappa shape index (κ1) is 11.1. The number of hydrogen-bond donors (Lipinski definition) is 0. The van der Waals surface area contributed by atoms with Crippen molar-refractivity contribution in [2.45, 2.75) is 6.92 Å². The molecule has 0 aliphatic rings. The molecule has 0 atom stereocenters. The summed E-state index contributed by atoms with van der Waals surface area (Å²) in [6, 6.07) is 12.5. The van der Waals surface area contributed by atoms with Gasteiger partial charge in [0.1, 0.15) is 5.01 Å². The third-order valence-corrected chi connectivity index (χ3v) is 3.73. The maximum absolute atomic E-state index is 4.40. The third kappa shape index (κ3) is 2.17. The van der Waals surface area contributed by atoms with E-state index in [-0.39, 0.29) is 0 Å². The van der Waals surface area contributed by atoms with E-state index in [1.54, 1.807) is 11.3 Å². The Morgan fingerprint density at radius 3 is 2.06 bits per heavy atom. The Hall–Kier alpha value is -2.00. The van der Waals surface area contributed by atoms with Crippen molar-refractivity contribution in [2.24, 2.45) is 0 Å². The van der Waals surface area contributed by atoms with Crippen molar-refractivity contribution in [3.8, 4) is 21.7 Å². The van der Waals surface area contributed by atoms with Crippen LogP contribution in [0.1, 0.15) is 4.88 Å². The molecule has 3 aromatic rings. The number of benzene rings is 1. The van der Waals surface area contributed by atoms with Gasteiger partial charge in [0.05, 0.1) is 0 Å². The Labute approximate surface area is 110 Å². The normalized spacial score (nSPS) is 10.5. The monoisotopic (exact) mass is 252 g/mol. The highest BCUT2D eigenvalue weighted by Gasteiger charge is 2.03. The lowest BCUT2D eigenvalue weighted by Gasteiger charge is -2.02. The van der Waals surface area contributed by atoms with E-state index in [0.29, 0.717) is 0 Å². The van der Waals surface area contributed by atoms with Gasteiger partial charge in [-0.15, -0.1) is 11.3 Å². The van der Waals surface area contributed by atoms with Crippen LogP contribution in [-0.4, -0.2) is 9.97 Å². The summed E-state index contributed by atoms with van der Waals surface area (Å²) in [5.74, 6) is 0. The van der Waals surface area contributed by atoms with Gasteiger partial charge >= 0.3 is 0 Å². The summed E-state index contributed by atoms with van der Waals surface area (Å²) >= 11 is 1.72. The van der Waals surface area contributed by atoms with Crippen molar-refractivity contribution in [1.29, 1.82) is 0 Å². The van der Waals surface area contributed by atoms with Crippen LogP contribution in [0.2, 0.25) is 0 Å². The Kier molecular flexibility index (Phi) is 2.90. The number of rotatable bonds is 2.